The summed E-state index contributed by atoms with van der Waals surface area (Å²) in [6.07, 6.45) is 3.72. The van der Waals surface area contributed by atoms with Crippen molar-refractivity contribution in [1.82, 2.24) is 9.62 Å². The summed E-state index contributed by atoms with van der Waals surface area (Å²) in [5.74, 6) is -0.0159. The first kappa shape index (κ1) is 20.1. The van der Waals surface area contributed by atoms with Gasteiger partial charge in [0.15, 0.2) is 0 Å². The smallest absolute Gasteiger partial charge is 0.240 e. The fraction of sp³-hybridized carbons (Fsp3) is 0.409. The molecule has 2 aromatic rings. The summed E-state index contributed by atoms with van der Waals surface area (Å²) in [6.45, 7) is 3.22. The summed E-state index contributed by atoms with van der Waals surface area (Å²) in [5, 5.41) is 2.84. The number of rotatable bonds is 6. The van der Waals surface area contributed by atoms with E-state index in [0.717, 1.165) is 50.1 Å². The highest BCUT2D eigenvalue weighted by Crippen LogP contribution is 2.25. The van der Waals surface area contributed by atoms with E-state index in [1.54, 1.807) is 18.2 Å². The van der Waals surface area contributed by atoms with Gasteiger partial charge in [0.25, 0.3) is 0 Å². The molecule has 154 valence electrons. The molecule has 0 unspecified atom stereocenters. The van der Waals surface area contributed by atoms with Gasteiger partial charge in [-0.05, 0) is 67.1 Å². The van der Waals surface area contributed by atoms with Crippen LogP contribution in [0.15, 0.2) is 47.4 Å². The predicted octanol–water partition coefficient (Wildman–Crippen LogP) is 2.69. The monoisotopic (exact) mass is 413 g/mol. The Labute approximate surface area is 172 Å². The van der Waals surface area contributed by atoms with Crippen LogP contribution in [0, 0.1) is 0 Å². The van der Waals surface area contributed by atoms with Crippen LogP contribution in [0.2, 0.25) is 0 Å². The number of aryl methyl sites for hydroxylation is 1. The van der Waals surface area contributed by atoms with E-state index in [-0.39, 0.29) is 10.8 Å². The molecule has 0 saturated carbocycles. The molecule has 2 heterocycles. The number of hydrogen-bond acceptors (Lipinski definition) is 4. The number of carbonyl (C=O) groups is 1. The van der Waals surface area contributed by atoms with Crippen molar-refractivity contribution in [3.8, 4) is 0 Å². The summed E-state index contributed by atoms with van der Waals surface area (Å²) in [4.78, 5) is 14.3. The van der Waals surface area contributed by atoms with Gasteiger partial charge in [-0.15, -0.1) is 0 Å². The van der Waals surface area contributed by atoms with Crippen LogP contribution in [0.25, 0.3) is 0 Å². The number of nitrogens with one attached hydrogen (secondary N) is 2. The Morgan fingerprint density at radius 2 is 1.83 bits per heavy atom. The Hall–Kier alpha value is -2.22. The molecule has 0 radical (unpaired) electrons. The van der Waals surface area contributed by atoms with E-state index in [1.165, 1.54) is 11.1 Å². The highest BCUT2D eigenvalue weighted by molar-refractivity contribution is 7.89. The first-order chi connectivity index (χ1) is 14.0. The Morgan fingerprint density at radius 3 is 2.69 bits per heavy atom. The van der Waals surface area contributed by atoms with Gasteiger partial charge in [-0.25, -0.2) is 13.1 Å². The molecule has 0 fully saturated rings. The van der Waals surface area contributed by atoms with Gasteiger partial charge in [0.05, 0.1) is 4.90 Å². The van der Waals surface area contributed by atoms with E-state index in [4.69, 9.17) is 0 Å². The van der Waals surface area contributed by atoms with Crippen molar-refractivity contribution in [2.75, 3.05) is 25.0 Å². The van der Waals surface area contributed by atoms with Gasteiger partial charge in [0.1, 0.15) is 0 Å². The van der Waals surface area contributed by atoms with Crippen LogP contribution in [-0.2, 0) is 34.2 Å². The number of nitrogens with zero attached hydrogens (tertiary/aromatic N) is 1. The molecule has 4 rings (SSSR count). The fourth-order valence-electron chi connectivity index (χ4n) is 4.06. The number of sulfonamides is 1. The third kappa shape index (κ3) is 4.86. The van der Waals surface area contributed by atoms with E-state index in [0.29, 0.717) is 19.4 Å². The van der Waals surface area contributed by atoms with Crippen LogP contribution in [0.3, 0.4) is 0 Å². The minimum atomic E-state index is -3.55. The summed E-state index contributed by atoms with van der Waals surface area (Å²) in [5.41, 5.74) is 4.39. The molecule has 29 heavy (non-hydrogen) atoms. The Bertz CT molecular complexity index is 1000. The predicted molar refractivity (Wildman–Crippen MR) is 113 cm³/mol. The summed E-state index contributed by atoms with van der Waals surface area (Å²) in [6, 6.07) is 13.5. The molecular formula is C22H27N3O3S. The van der Waals surface area contributed by atoms with Crippen molar-refractivity contribution in [1.29, 1.82) is 0 Å². The molecule has 0 atom stereocenters. The highest BCUT2D eigenvalue weighted by atomic mass is 32.2. The van der Waals surface area contributed by atoms with Crippen molar-refractivity contribution in [2.24, 2.45) is 0 Å². The summed E-state index contributed by atoms with van der Waals surface area (Å²) < 4.78 is 28.1. The highest BCUT2D eigenvalue weighted by Gasteiger charge is 2.19. The molecule has 2 N–H and O–H groups in total. The Kier molecular flexibility index (Phi) is 5.99. The second-order valence-corrected chi connectivity index (χ2v) is 9.53. The zero-order valence-corrected chi connectivity index (χ0v) is 17.3. The zero-order chi connectivity index (χ0) is 20.3. The lowest BCUT2D eigenvalue weighted by molar-refractivity contribution is -0.116. The lowest BCUT2D eigenvalue weighted by Crippen LogP contribution is -2.33. The topological polar surface area (TPSA) is 78.5 Å². The van der Waals surface area contributed by atoms with Crippen LogP contribution < -0.4 is 10.0 Å². The SMILES string of the molecule is O=C1CCCc2cc(S(=O)(=O)NCCCN3CCc4ccccc4C3)ccc2N1. The standard InChI is InChI=1S/C22H27N3O3S/c26-22-8-3-7-18-15-20(9-10-21(18)24-22)29(27,28)23-12-4-13-25-14-11-17-5-1-2-6-19(17)16-25/h1-2,5-6,9-10,15,23H,3-4,7-8,11-14,16H2,(H,24,26). The largest absolute Gasteiger partial charge is 0.326 e. The van der Waals surface area contributed by atoms with E-state index >= 15 is 0 Å². The van der Waals surface area contributed by atoms with Gasteiger partial charge in [-0.3, -0.25) is 9.69 Å². The quantitative estimate of drug-likeness (QED) is 0.714. The van der Waals surface area contributed by atoms with Gasteiger partial charge in [0, 0.05) is 31.7 Å². The van der Waals surface area contributed by atoms with Gasteiger partial charge in [-0.2, -0.15) is 0 Å². The first-order valence-electron chi connectivity index (χ1n) is 10.2. The second-order valence-electron chi connectivity index (χ2n) is 7.77. The molecule has 0 saturated heterocycles. The first-order valence-corrected chi connectivity index (χ1v) is 11.7. The maximum atomic E-state index is 12.7. The number of hydrogen-bond donors (Lipinski definition) is 2. The van der Waals surface area contributed by atoms with E-state index in [1.807, 2.05) is 0 Å². The number of fused-ring (bicyclic) bond motifs is 2. The minimum absolute atomic E-state index is 0.0159. The molecule has 6 nitrogen and oxygen atoms in total. The normalized spacial score (nSPS) is 17.2. The Balaban J connectivity index is 1.31. The Morgan fingerprint density at radius 1 is 1.00 bits per heavy atom. The van der Waals surface area contributed by atoms with Gasteiger partial charge < -0.3 is 5.32 Å². The van der Waals surface area contributed by atoms with Crippen LogP contribution in [-0.4, -0.2) is 38.9 Å². The summed E-state index contributed by atoms with van der Waals surface area (Å²) >= 11 is 0. The second kappa shape index (κ2) is 8.65. The average molecular weight is 414 g/mol. The molecule has 1 amide bonds. The van der Waals surface area contributed by atoms with E-state index < -0.39 is 10.0 Å². The van der Waals surface area contributed by atoms with Gasteiger partial charge >= 0.3 is 0 Å². The van der Waals surface area contributed by atoms with Crippen LogP contribution in [0.4, 0.5) is 5.69 Å². The molecule has 0 aromatic heterocycles. The average Bonchev–Trinajstić information content (AvgIpc) is 2.91. The molecule has 7 heteroatoms. The van der Waals surface area contributed by atoms with Crippen LogP contribution in [0.1, 0.15) is 36.0 Å². The van der Waals surface area contributed by atoms with Crippen molar-refractivity contribution in [2.45, 2.75) is 43.5 Å². The molecule has 2 aliphatic heterocycles. The summed E-state index contributed by atoms with van der Waals surface area (Å²) in [7, 11) is -3.55. The lowest BCUT2D eigenvalue weighted by atomic mass is 10.00. The minimum Gasteiger partial charge on any atom is -0.326 e. The van der Waals surface area contributed by atoms with Gasteiger partial charge in [-0.1, -0.05) is 24.3 Å². The number of anilines is 1. The van der Waals surface area contributed by atoms with Crippen molar-refractivity contribution < 1.29 is 13.2 Å². The fourth-order valence-corrected chi connectivity index (χ4v) is 5.18. The van der Waals surface area contributed by atoms with Crippen molar-refractivity contribution in [3.63, 3.8) is 0 Å². The molecular weight excluding hydrogens is 386 g/mol. The van der Waals surface area contributed by atoms with Crippen LogP contribution in [0.5, 0.6) is 0 Å². The van der Waals surface area contributed by atoms with Gasteiger partial charge in [0.2, 0.25) is 15.9 Å². The third-order valence-corrected chi connectivity index (χ3v) is 7.12. The van der Waals surface area contributed by atoms with Crippen molar-refractivity contribution in [3.05, 3.63) is 59.2 Å². The van der Waals surface area contributed by atoms with E-state index in [9.17, 15) is 13.2 Å². The van der Waals surface area contributed by atoms with Crippen LogP contribution >= 0.6 is 0 Å². The maximum absolute atomic E-state index is 12.7. The number of carbonyl (C=O) groups excluding carboxylic acids is 1. The number of amides is 1. The molecule has 2 aromatic carbocycles. The molecule has 0 bridgehead atoms. The van der Waals surface area contributed by atoms with Crippen molar-refractivity contribution >= 4 is 21.6 Å². The molecule has 0 spiro atoms. The maximum Gasteiger partial charge on any atom is 0.240 e. The number of benzene rings is 2. The lowest BCUT2D eigenvalue weighted by Gasteiger charge is -2.28. The van der Waals surface area contributed by atoms with E-state index in [2.05, 4.69) is 39.2 Å². The molecule has 0 aliphatic carbocycles. The molecule has 2 aliphatic rings. The third-order valence-electron chi connectivity index (χ3n) is 5.66. The zero-order valence-electron chi connectivity index (χ0n) is 16.5.